The molecule has 0 radical (unpaired) electrons. The summed E-state index contributed by atoms with van der Waals surface area (Å²) < 4.78 is 15.4. The lowest BCUT2D eigenvalue weighted by atomic mass is 10.0. The van der Waals surface area contributed by atoms with Gasteiger partial charge in [0.2, 0.25) is 0 Å². The van der Waals surface area contributed by atoms with Crippen LogP contribution < -0.4 is 0 Å². The molecule has 2 heterocycles. The molecule has 4 rings (SSSR count). The first-order valence-corrected chi connectivity index (χ1v) is 10.0. The molecule has 2 aromatic carbocycles. The number of halogens is 1. The van der Waals surface area contributed by atoms with Crippen LogP contribution in [0.1, 0.15) is 30.0 Å². The summed E-state index contributed by atoms with van der Waals surface area (Å²) in [5.74, 6) is -0.169. The van der Waals surface area contributed by atoms with E-state index in [4.69, 9.17) is 0 Å². The molecule has 0 saturated carbocycles. The zero-order chi connectivity index (χ0) is 19.5. The quantitative estimate of drug-likeness (QED) is 0.639. The van der Waals surface area contributed by atoms with Gasteiger partial charge < -0.3 is 14.7 Å². The predicted molar refractivity (Wildman–Crippen MR) is 110 cm³/mol. The molecule has 0 amide bonds. The molecule has 3 aromatic rings. The standard InChI is InChI=1S/C23H28FN3O/c1-25(28)17-19-2-5-20-9-15-27(23(20)16-19)22-10-13-26(14-11-22)12-8-18-3-6-21(24)7-4-18/h2-7,9,15-16,22,28H,8,10-14,17H2,1H3. The lowest BCUT2D eigenvalue weighted by molar-refractivity contribution is -0.0731. The van der Waals surface area contributed by atoms with Crippen molar-refractivity contribution in [2.45, 2.75) is 31.8 Å². The van der Waals surface area contributed by atoms with Crippen LogP contribution in [-0.2, 0) is 13.0 Å². The summed E-state index contributed by atoms with van der Waals surface area (Å²) in [7, 11) is 1.67. The Kier molecular flexibility index (Phi) is 5.76. The summed E-state index contributed by atoms with van der Waals surface area (Å²) >= 11 is 0. The van der Waals surface area contributed by atoms with Crippen LogP contribution in [0.4, 0.5) is 4.39 Å². The maximum absolute atomic E-state index is 13.0. The van der Waals surface area contributed by atoms with E-state index in [0.29, 0.717) is 12.6 Å². The van der Waals surface area contributed by atoms with E-state index in [0.717, 1.165) is 44.5 Å². The maximum atomic E-state index is 13.0. The monoisotopic (exact) mass is 381 g/mol. The Morgan fingerprint density at radius 2 is 1.75 bits per heavy atom. The zero-order valence-electron chi connectivity index (χ0n) is 16.4. The Morgan fingerprint density at radius 3 is 2.46 bits per heavy atom. The Labute approximate surface area is 165 Å². The zero-order valence-corrected chi connectivity index (χ0v) is 16.4. The summed E-state index contributed by atoms with van der Waals surface area (Å²) in [6.07, 6.45) is 5.44. The molecule has 0 spiro atoms. The molecule has 5 heteroatoms. The fourth-order valence-corrected chi connectivity index (χ4v) is 4.24. The van der Waals surface area contributed by atoms with Crippen LogP contribution >= 0.6 is 0 Å². The topological polar surface area (TPSA) is 31.6 Å². The van der Waals surface area contributed by atoms with Crippen molar-refractivity contribution in [3.05, 3.63) is 71.7 Å². The summed E-state index contributed by atoms with van der Waals surface area (Å²) in [4.78, 5) is 2.51. The van der Waals surface area contributed by atoms with Crippen molar-refractivity contribution in [2.24, 2.45) is 0 Å². The number of likely N-dealkylation sites (tertiary alicyclic amines) is 1. The van der Waals surface area contributed by atoms with Gasteiger partial charge in [-0.25, -0.2) is 4.39 Å². The van der Waals surface area contributed by atoms with Gasteiger partial charge in [0.15, 0.2) is 0 Å². The Bertz CT molecular complexity index is 911. The molecule has 28 heavy (non-hydrogen) atoms. The van der Waals surface area contributed by atoms with E-state index in [1.807, 2.05) is 12.1 Å². The van der Waals surface area contributed by atoms with Gasteiger partial charge >= 0.3 is 0 Å². The fraction of sp³-hybridized carbons (Fsp3) is 0.391. The minimum Gasteiger partial charge on any atom is -0.344 e. The second-order valence-electron chi connectivity index (χ2n) is 7.88. The molecule has 1 saturated heterocycles. The first kappa shape index (κ1) is 19.1. The summed E-state index contributed by atoms with van der Waals surface area (Å²) in [5, 5.41) is 12.0. The molecule has 0 aliphatic carbocycles. The van der Waals surface area contributed by atoms with Crippen molar-refractivity contribution in [1.82, 2.24) is 14.5 Å². The van der Waals surface area contributed by atoms with E-state index in [-0.39, 0.29) is 5.82 Å². The van der Waals surface area contributed by atoms with Gasteiger partial charge in [-0.05, 0) is 60.0 Å². The van der Waals surface area contributed by atoms with Crippen molar-refractivity contribution in [3.8, 4) is 0 Å². The molecule has 1 N–H and O–H groups in total. The summed E-state index contributed by atoms with van der Waals surface area (Å²) in [5.41, 5.74) is 3.57. The maximum Gasteiger partial charge on any atom is 0.123 e. The number of rotatable bonds is 6. The van der Waals surface area contributed by atoms with Gasteiger partial charge in [-0.15, -0.1) is 0 Å². The average molecular weight is 381 g/mol. The van der Waals surface area contributed by atoms with E-state index in [1.165, 1.54) is 21.5 Å². The van der Waals surface area contributed by atoms with Crippen LogP contribution in [0, 0.1) is 5.82 Å². The number of fused-ring (bicyclic) bond motifs is 1. The SMILES string of the molecule is CN(O)Cc1ccc2ccn(C3CCN(CCc4ccc(F)cc4)CC3)c2c1. The average Bonchev–Trinajstić information content (AvgIpc) is 3.11. The smallest absolute Gasteiger partial charge is 0.123 e. The summed E-state index contributed by atoms with van der Waals surface area (Å²) in [6.45, 7) is 3.73. The van der Waals surface area contributed by atoms with Crippen LogP contribution in [0.2, 0.25) is 0 Å². The van der Waals surface area contributed by atoms with Crippen molar-refractivity contribution in [2.75, 3.05) is 26.7 Å². The van der Waals surface area contributed by atoms with Crippen molar-refractivity contribution < 1.29 is 9.60 Å². The lowest BCUT2D eigenvalue weighted by Crippen LogP contribution is -2.35. The highest BCUT2D eigenvalue weighted by Crippen LogP contribution is 2.28. The normalized spacial score (nSPS) is 16.3. The van der Waals surface area contributed by atoms with Crippen LogP contribution in [0.5, 0.6) is 0 Å². The second kappa shape index (κ2) is 8.43. The summed E-state index contributed by atoms with van der Waals surface area (Å²) in [6, 6.07) is 16.0. The Morgan fingerprint density at radius 1 is 1.04 bits per heavy atom. The molecule has 1 fully saturated rings. The number of piperidine rings is 1. The first-order valence-electron chi connectivity index (χ1n) is 10.0. The van der Waals surface area contributed by atoms with E-state index >= 15 is 0 Å². The number of aromatic nitrogens is 1. The van der Waals surface area contributed by atoms with Crippen LogP contribution in [0.25, 0.3) is 10.9 Å². The molecular weight excluding hydrogens is 353 g/mol. The minimum absolute atomic E-state index is 0.169. The molecule has 4 nitrogen and oxygen atoms in total. The highest BCUT2D eigenvalue weighted by molar-refractivity contribution is 5.81. The third kappa shape index (κ3) is 4.43. The molecule has 1 aliphatic heterocycles. The van der Waals surface area contributed by atoms with Gasteiger partial charge in [-0.1, -0.05) is 24.3 Å². The van der Waals surface area contributed by atoms with E-state index < -0.39 is 0 Å². The predicted octanol–water partition coefficient (Wildman–Crippen LogP) is 4.48. The first-order chi connectivity index (χ1) is 13.6. The van der Waals surface area contributed by atoms with Crippen molar-refractivity contribution in [3.63, 3.8) is 0 Å². The Balaban J connectivity index is 1.37. The molecule has 0 bridgehead atoms. The third-order valence-electron chi connectivity index (χ3n) is 5.78. The van der Waals surface area contributed by atoms with E-state index in [1.54, 1.807) is 19.2 Å². The van der Waals surface area contributed by atoms with Gasteiger partial charge in [-0.3, -0.25) is 0 Å². The number of hydrogen-bond acceptors (Lipinski definition) is 3. The second-order valence-corrected chi connectivity index (χ2v) is 7.88. The largest absolute Gasteiger partial charge is 0.344 e. The molecule has 0 unspecified atom stereocenters. The molecular formula is C23H28FN3O. The number of benzene rings is 2. The molecule has 148 valence electrons. The van der Waals surface area contributed by atoms with Crippen LogP contribution in [-0.4, -0.2) is 46.4 Å². The van der Waals surface area contributed by atoms with Crippen LogP contribution in [0.15, 0.2) is 54.7 Å². The van der Waals surface area contributed by atoms with Gasteiger partial charge in [-0.2, -0.15) is 5.06 Å². The van der Waals surface area contributed by atoms with Gasteiger partial charge in [0.05, 0.1) is 0 Å². The highest BCUT2D eigenvalue weighted by Gasteiger charge is 2.21. The fourth-order valence-electron chi connectivity index (χ4n) is 4.24. The van der Waals surface area contributed by atoms with Crippen molar-refractivity contribution in [1.29, 1.82) is 0 Å². The number of nitrogens with zero attached hydrogens (tertiary/aromatic N) is 3. The van der Waals surface area contributed by atoms with Gasteiger partial charge in [0.25, 0.3) is 0 Å². The van der Waals surface area contributed by atoms with Crippen molar-refractivity contribution >= 4 is 10.9 Å². The minimum atomic E-state index is -0.169. The molecule has 0 atom stereocenters. The molecule has 1 aliphatic rings. The van der Waals surface area contributed by atoms with Gasteiger partial charge in [0, 0.05) is 51.0 Å². The highest BCUT2D eigenvalue weighted by atomic mass is 19.1. The number of hydroxylamine groups is 2. The van der Waals surface area contributed by atoms with Gasteiger partial charge in [0.1, 0.15) is 5.82 Å². The lowest BCUT2D eigenvalue weighted by Gasteiger charge is -2.33. The Hall–Kier alpha value is -2.21. The van der Waals surface area contributed by atoms with E-state index in [2.05, 4.69) is 39.9 Å². The van der Waals surface area contributed by atoms with E-state index in [9.17, 15) is 9.60 Å². The van der Waals surface area contributed by atoms with Crippen LogP contribution in [0.3, 0.4) is 0 Å². The molecule has 1 aromatic heterocycles. The number of hydrogen-bond donors (Lipinski definition) is 1. The third-order valence-corrected chi connectivity index (χ3v) is 5.78.